The lowest BCUT2D eigenvalue weighted by Gasteiger charge is -2.37. The second-order valence-electron chi connectivity index (χ2n) is 7.06. The van der Waals surface area contributed by atoms with Crippen LogP contribution >= 0.6 is 11.6 Å². The average Bonchev–Trinajstić information content (AvgIpc) is 2.70. The molecule has 0 aliphatic carbocycles. The monoisotopic (exact) mass is 380 g/mol. The topological polar surface area (TPSA) is 53.4 Å². The number of fused-ring (bicyclic) bond motifs is 1. The Balaban J connectivity index is 1.71. The van der Waals surface area contributed by atoms with Crippen LogP contribution < -0.4 is 0 Å². The summed E-state index contributed by atoms with van der Waals surface area (Å²) in [5.41, 5.74) is 3.23. The lowest BCUT2D eigenvalue weighted by atomic mass is 9.91. The Morgan fingerprint density at radius 1 is 1.07 bits per heavy atom. The number of carboxylic acids is 1. The quantitative estimate of drug-likeness (QED) is 0.708. The maximum absolute atomic E-state index is 11.3. The molecule has 138 valence electrons. The number of carboxylic acid groups (broad SMARTS) is 1. The minimum absolute atomic E-state index is 0.0362. The molecular weight excluding hydrogens is 360 g/mol. The van der Waals surface area contributed by atoms with Gasteiger partial charge in [0, 0.05) is 16.6 Å². The average molecular weight is 381 g/mol. The number of likely N-dealkylation sites (tertiary alicyclic amines) is 1. The maximum atomic E-state index is 11.3. The van der Waals surface area contributed by atoms with E-state index in [0.29, 0.717) is 17.9 Å². The van der Waals surface area contributed by atoms with Crippen LogP contribution in [0.4, 0.5) is 0 Å². The van der Waals surface area contributed by atoms with Gasteiger partial charge in [0.1, 0.15) is 0 Å². The minimum atomic E-state index is -0.690. The number of aliphatic carboxylic acids is 1. The number of piperidine rings is 1. The van der Waals surface area contributed by atoms with Gasteiger partial charge < -0.3 is 5.11 Å². The lowest BCUT2D eigenvalue weighted by Crippen LogP contribution is -2.39. The third-order valence-electron chi connectivity index (χ3n) is 5.36. The second kappa shape index (κ2) is 7.67. The summed E-state index contributed by atoms with van der Waals surface area (Å²) in [6.45, 7) is 1.49. The Kier molecular flexibility index (Phi) is 5.10. The number of rotatable bonds is 4. The fraction of sp³-hybridized carbons (Fsp3) is 0.273. The Labute approximate surface area is 163 Å². The van der Waals surface area contributed by atoms with Crippen molar-refractivity contribution in [2.24, 2.45) is 5.92 Å². The van der Waals surface area contributed by atoms with Crippen LogP contribution in [0.1, 0.15) is 30.0 Å². The second-order valence-corrected chi connectivity index (χ2v) is 7.50. The molecule has 0 spiro atoms. The molecule has 1 fully saturated rings. The van der Waals surface area contributed by atoms with Crippen LogP contribution in [0.15, 0.2) is 60.8 Å². The van der Waals surface area contributed by atoms with Crippen LogP contribution in [-0.4, -0.2) is 34.0 Å². The Morgan fingerprint density at radius 2 is 1.78 bits per heavy atom. The molecule has 0 bridgehead atoms. The molecule has 1 saturated heterocycles. The van der Waals surface area contributed by atoms with E-state index in [4.69, 9.17) is 11.6 Å². The van der Waals surface area contributed by atoms with Gasteiger partial charge in [0.2, 0.25) is 0 Å². The molecule has 4 nitrogen and oxygen atoms in total. The highest BCUT2D eigenvalue weighted by molar-refractivity contribution is 6.30. The molecule has 0 amide bonds. The van der Waals surface area contributed by atoms with E-state index < -0.39 is 5.97 Å². The molecule has 1 aromatic heterocycles. The number of benzene rings is 2. The van der Waals surface area contributed by atoms with Crippen LogP contribution in [0, 0.1) is 5.92 Å². The molecule has 27 heavy (non-hydrogen) atoms. The van der Waals surface area contributed by atoms with Crippen molar-refractivity contribution in [3.8, 4) is 0 Å². The fourth-order valence-corrected chi connectivity index (χ4v) is 4.03. The van der Waals surface area contributed by atoms with Gasteiger partial charge in [0.15, 0.2) is 0 Å². The number of hydrogen-bond donors (Lipinski definition) is 1. The van der Waals surface area contributed by atoms with Crippen LogP contribution in [0.5, 0.6) is 0 Å². The Hall–Kier alpha value is -2.43. The number of para-hydroxylation sites is 1. The van der Waals surface area contributed by atoms with E-state index in [1.807, 2.05) is 48.7 Å². The molecule has 1 aliphatic heterocycles. The number of halogens is 1. The maximum Gasteiger partial charge on any atom is 0.306 e. The number of nitrogens with zero attached hydrogens (tertiary/aromatic N) is 2. The summed E-state index contributed by atoms with van der Waals surface area (Å²) >= 11 is 6.09. The Bertz CT molecular complexity index is 950. The molecule has 2 aromatic carbocycles. The summed E-state index contributed by atoms with van der Waals surface area (Å²) in [5.74, 6) is -0.938. The predicted molar refractivity (Wildman–Crippen MR) is 107 cm³/mol. The van der Waals surface area contributed by atoms with Crippen molar-refractivity contribution in [1.82, 2.24) is 9.88 Å². The third-order valence-corrected chi connectivity index (χ3v) is 5.61. The van der Waals surface area contributed by atoms with Gasteiger partial charge >= 0.3 is 5.97 Å². The van der Waals surface area contributed by atoms with Gasteiger partial charge in [-0.25, -0.2) is 0 Å². The van der Waals surface area contributed by atoms with E-state index in [0.717, 1.165) is 35.1 Å². The standard InChI is InChI=1S/C22H21ClN2O2/c23-19-7-5-15(6-8-19)21(25-11-9-16(10-12-25)22(26)27)18-13-17-3-1-2-4-20(17)24-14-18/h1-8,13-14,16,21H,9-12H2,(H,26,27). The highest BCUT2D eigenvalue weighted by Gasteiger charge is 2.30. The van der Waals surface area contributed by atoms with Crippen molar-refractivity contribution < 1.29 is 9.90 Å². The van der Waals surface area contributed by atoms with E-state index in [9.17, 15) is 9.90 Å². The van der Waals surface area contributed by atoms with Crippen molar-refractivity contribution in [2.75, 3.05) is 13.1 Å². The highest BCUT2D eigenvalue weighted by Crippen LogP contribution is 2.33. The number of hydrogen-bond acceptors (Lipinski definition) is 3. The molecule has 1 atom stereocenters. The number of pyridine rings is 1. The molecule has 1 aliphatic rings. The predicted octanol–water partition coefficient (Wildman–Crippen LogP) is 4.77. The fourth-order valence-electron chi connectivity index (χ4n) is 3.90. The summed E-state index contributed by atoms with van der Waals surface area (Å²) in [5, 5.41) is 11.1. The van der Waals surface area contributed by atoms with Gasteiger partial charge in [0.05, 0.1) is 17.5 Å². The SMILES string of the molecule is O=C(O)C1CCN(C(c2ccc(Cl)cc2)c2cnc3ccccc3c2)CC1. The van der Waals surface area contributed by atoms with Gasteiger partial charge in [0.25, 0.3) is 0 Å². The summed E-state index contributed by atoms with van der Waals surface area (Å²) in [7, 11) is 0. The zero-order valence-corrected chi connectivity index (χ0v) is 15.6. The summed E-state index contributed by atoms with van der Waals surface area (Å²) < 4.78 is 0. The molecule has 0 saturated carbocycles. The highest BCUT2D eigenvalue weighted by atomic mass is 35.5. The van der Waals surface area contributed by atoms with Crippen LogP contribution in [-0.2, 0) is 4.79 Å². The number of aromatic nitrogens is 1. The van der Waals surface area contributed by atoms with Gasteiger partial charge in [-0.1, -0.05) is 41.9 Å². The first kappa shape index (κ1) is 18.0. The lowest BCUT2D eigenvalue weighted by molar-refractivity contribution is -0.143. The molecule has 4 rings (SSSR count). The first-order valence-corrected chi connectivity index (χ1v) is 9.56. The summed E-state index contributed by atoms with van der Waals surface area (Å²) in [6.07, 6.45) is 3.27. The van der Waals surface area contributed by atoms with E-state index in [1.165, 1.54) is 0 Å². The Morgan fingerprint density at radius 3 is 2.48 bits per heavy atom. The molecule has 2 heterocycles. The molecule has 3 aromatic rings. The number of carbonyl (C=O) groups is 1. The van der Waals surface area contributed by atoms with Crippen molar-refractivity contribution >= 4 is 28.5 Å². The van der Waals surface area contributed by atoms with E-state index in [1.54, 1.807) is 0 Å². The van der Waals surface area contributed by atoms with E-state index >= 15 is 0 Å². The summed E-state index contributed by atoms with van der Waals surface area (Å²) in [6, 6.07) is 18.2. The largest absolute Gasteiger partial charge is 0.481 e. The van der Waals surface area contributed by atoms with Crippen LogP contribution in [0.25, 0.3) is 10.9 Å². The van der Waals surface area contributed by atoms with Crippen LogP contribution in [0.2, 0.25) is 5.02 Å². The van der Waals surface area contributed by atoms with E-state index in [-0.39, 0.29) is 12.0 Å². The molecule has 0 radical (unpaired) electrons. The van der Waals surface area contributed by atoms with Crippen molar-refractivity contribution in [1.29, 1.82) is 0 Å². The van der Waals surface area contributed by atoms with Crippen molar-refractivity contribution in [3.63, 3.8) is 0 Å². The zero-order chi connectivity index (χ0) is 18.8. The van der Waals surface area contributed by atoms with Gasteiger partial charge in [-0.05, 0) is 61.3 Å². The molecule has 1 unspecified atom stereocenters. The summed E-state index contributed by atoms with van der Waals surface area (Å²) in [4.78, 5) is 18.3. The van der Waals surface area contributed by atoms with Gasteiger partial charge in [-0.3, -0.25) is 14.7 Å². The molecular formula is C22H21ClN2O2. The van der Waals surface area contributed by atoms with Gasteiger partial charge in [-0.15, -0.1) is 0 Å². The van der Waals surface area contributed by atoms with E-state index in [2.05, 4.69) is 22.0 Å². The normalized spacial score (nSPS) is 17.1. The third kappa shape index (κ3) is 3.82. The zero-order valence-electron chi connectivity index (χ0n) is 14.9. The van der Waals surface area contributed by atoms with Gasteiger partial charge in [-0.2, -0.15) is 0 Å². The van der Waals surface area contributed by atoms with Crippen LogP contribution in [0.3, 0.4) is 0 Å². The smallest absolute Gasteiger partial charge is 0.306 e. The van der Waals surface area contributed by atoms with Crippen molar-refractivity contribution in [3.05, 3.63) is 76.9 Å². The molecule has 5 heteroatoms. The van der Waals surface area contributed by atoms with Crippen molar-refractivity contribution in [2.45, 2.75) is 18.9 Å². The first-order chi connectivity index (χ1) is 13.1. The minimum Gasteiger partial charge on any atom is -0.481 e. The molecule has 1 N–H and O–H groups in total. The first-order valence-electron chi connectivity index (χ1n) is 9.19.